The molecule has 0 radical (unpaired) electrons. The van der Waals surface area contributed by atoms with Gasteiger partial charge in [0.15, 0.2) is 6.61 Å². The standard InChI is InChI=1S/C17H15NO7/c1-23-13-6-7-14(16(9-13)24-2)15(19)10-25-17(20)11-4-3-5-12(8-11)18(21)22/h3-9H,10H2,1-2H3. The number of esters is 1. The van der Waals surface area contributed by atoms with Crippen molar-refractivity contribution in [2.24, 2.45) is 0 Å². The van der Waals surface area contributed by atoms with Crippen molar-refractivity contribution in [1.82, 2.24) is 0 Å². The first-order chi connectivity index (χ1) is 12.0. The molecule has 0 spiro atoms. The Balaban J connectivity index is 2.08. The van der Waals surface area contributed by atoms with Gasteiger partial charge in [0.05, 0.1) is 30.3 Å². The van der Waals surface area contributed by atoms with E-state index in [9.17, 15) is 19.7 Å². The lowest BCUT2D eigenvalue weighted by molar-refractivity contribution is -0.384. The summed E-state index contributed by atoms with van der Waals surface area (Å²) in [6, 6.07) is 9.69. The van der Waals surface area contributed by atoms with Crippen molar-refractivity contribution in [2.75, 3.05) is 20.8 Å². The van der Waals surface area contributed by atoms with Gasteiger partial charge in [-0.15, -0.1) is 0 Å². The topological polar surface area (TPSA) is 105 Å². The van der Waals surface area contributed by atoms with Gasteiger partial charge in [-0.1, -0.05) is 6.07 Å². The van der Waals surface area contributed by atoms with Crippen LogP contribution in [0.1, 0.15) is 20.7 Å². The molecule has 2 rings (SSSR count). The van der Waals surface area contributed by atoms with Crippen molar-refractivity contribution in [3.63, 3.8) is 0 Å². The SMILES string of the molecule is COc1ccc(C(=O)COC(=O)c2cccc([N+](=O)[O-])c2)c(OC)c1. The molecule has 25 heavy (non-hydrogen) atoms. The Kier molecular flexibility index (Phi) is 5.67. The van der Waals surface area contributed by atoms with E-state index >= 15 is 0 Å². The lowest BCUT2D eigenvalue weighted by Gasteiger charge is -2.10. The first kappa shape index (κ1) is 17.9. The molecule has 0 heterocycles. The largest absolute Gasteiger partial charge is 0.497 e. The number of hydrogen-bond acceptors (Lipinski definition) is 7. The normalized spacial score (nSPS) is 10.0. The first-order valence-corrected chi connectivity index (χ1v) is 7.13. The Morgan fingerprint density at radius 3 is 2.48 bits per heavy atom. The van der Waals surface area contributed by atoms with E-state index < -0.39 is 23.3 Å². The van der Waals surface area contributed by atoms with Gasteiger partial charge in [0.25, 0.3) is 5.69 Å². The van der Waals surface area contributed by atoms with Gasteiger partial charge in [-0.2, -0.15) is 0 Å². The smallest absolute Gasteiger partial charge is 0.338 e. The molecule has 0 aliphatic rings. The number of carbonyl (C=O) groups is 2. The summed E-state index contributed by atoms with van der Waals surface area (Å²) in [6.07, 6.45) is 0. The summed E-state index contributed by atoms with van der Waals surface area (Å²) in [6.45, 7) is -0.524. The Labute approximate surface area is 143 Å². The molecule has 8 heteroatoms. The van der Waals surface area contributed by atoms with E-state index in [1.54, 1.807) is 6.07 Å². The van der Waals surface area contributed by atoms with Crippen molar-refractivity contribution in [3.05, 3.63) is 63.7 Å². The molecule has 0 atom stereocenters. The molecular formula is C17H15NO7. The third-order valence-electron chi connectivity index (χ3n) is 3.34. The minimum atomic E-state index is -0.829. The van der Waals surface area contributed by atoms with Crippen LogP contribution < -0.4 is 9.47 Å². The molecule has 130 valence electrons. The van der Waals surface area contributed by atoms with Gasteiger partial charge >= 0.3 is 5.97 Å². The fourth-order valence-electron chi connectivity index (χ4n) is 2.07. The van der Waals surface area contributed by atoms with Crippen LogP contribution in [-0.2, 0) is 4.74 Å². The fourth-order valence-corrected chi connectivity index (χ4v) is 2.07. The van der Waals surface area contributed by atoms with Crippen molar-refractivity contribution in [1.29, 1.82) is 0 Å². The van der Waals surface area contributed by atoms with Gasteiger partial charge in [0.2, 0.25) is 5.78 Å². The molecular weight excluding hydrogens is 330 g/mol. The predicted molar refractivity (Wildman–Crippen MR) is 87.3 cm³/mol. The fraction of sp³-hybridized carbons (Fsp3) is 0.176. The first-order valence-electron chi connectivity index (χ1n) is 7.13. The summed E-state index contributed by atoms with van der Waals surface area (Å²) in [5.41, 5.74) is -0.0172. The number of nitrogens with zero attached hydrogens (tertiary/aromatic N) is 1. The molecule has 0 bridgehead atoms. The predicted octanol–water partition coefficient (Wildman–Crippen LogP) is 2.65. The van der Waals surface area contributed by atoms with E-state index in [1.807, 2.05) is 0 Å². The molecule has 0 aromatic heterocycles. The van der Waals surface area contributed by atoms with Crippen LogP contribution in [0.5, 0.6) is 11.5 Å². The molecule has 8 nitrogen and oxygen atoms in total. The minimum Gasteiger partial charge on any atom is -0.497 e. The van der Waals surface area contributed by atoms with Gasteiger partial charge in [0, 0.05) is 18.2 Å². The summed E-state index contributed by atoms with van der Waals surface area (Å²) < 4.78 is 15.1. The molecule has 0 aliphatic heterocycles. The summed E-state index contributed by atoms with van der Waals surface area (Å²) in [5, 5.41) is 10.7. The molecule has 0 N–H and O–H groups in total. The summed E-state index contributed by atoms with van der Waals surface area (Å²) in [5.74, 6) is -0.499. The number of ketones is 1. The van der Waals surface area contributed by atoms with Crippen LogP contribution in [-0.4, -0.2) is 37.5 Å². The molecule has 0 amide bonds. The van der Waals surface area contributed by atoms with Crippen LogP contribution in [0.2, 0.25) is 0 Å². The average molecular weight is 345 g/mol. The molecule has 2 aromatic rings. The number of rotatable bonds is 7. The zero-order chi connectivity index (χ0) is 18.4. The Morgan fingerprint density at radius 1 is 1.08 bits per heavy atom. The second kappa shape index (κ2) is 7.91. The monoisotopic (exact) mass is 345 g/mol. The van der Waals surface area contributed by atoms with Gasteiger partial charge in [-0.25, -0.2) is 4.79 Å². The highest BCUT2D eigenvalue weighted by Gasteiger charge is 2.17. The van der Waals surface area contributed by atoms with E-state index in [0.717, 1.165) is 6.07 Å². The highest BCUT2D eigenvalue weighted by Crippen LogP contribution is 2.25. The number of hydrogen-bond donors (Lipinski definition) is 0. The Bertz CT molecular complexity index is 816. The summed E-state index contributed by atoms with van der Waals surface area (Å²) in [4.78, 5) is 34.3. The molecule has 0 saturated heterocycles. The van der Waals surface area contributed by atoms with Crippen LogP contribution in [0.3, 0.4) is 0 Å². The summed E-state index contributed by atoms with van der Waals surface area (Å²) in [7, 11) is 2.89. The molecule has 0 saturated carbocycles. The van der Waals surface area contributed by atoms with Crippen molar-refractivity contribution in [3.8, 4) is 11.5 Å². The van der Waals surface area contributed by atoms with Crippen molar-refractivity contribution >= 4 is 17.4 Å². The van der Waals surface area contributed by atoms with Crippen LogP contribution in [0.25, 0.3) is 0 Å². The zero-order valence-corrected chi connectivity index (χ0v) is 13.6. The Hall–Kier alpha value is -3.42. The number of carbonyl (C=O) groups excluding carboxylic acids is 2. The van der Waals surface area contributed by atoms with Gasteiger partial charge in [-0.3, -0.25) is 14.9 Å². The van der Waals surface area contributed by atoms with E-state index in [2.05, 4.69) is 0 Å². The van der Waals surface area contributed by atoms with Crippen LogP contribution in [0, 0.1) is 10.1 Å². The van der Waals surface area contributed by atoms with Crippen LogP contribution >= 0.6 is 0 Å². The quantitative estimate of drug-likeness (QED) is 0.329. The van der Waals surface area contributed by atoms with Gasteiger partial charge in [0.1, 0.15) is 11.5 Å². The van der Waals surface area contributed by atoms with Crippen molar-refractivity contribution < 1.29 is 28.7 Å². The van der Waals surface area contributed by atoms with E-state index in [0.29, 0.717) is 5.75 Å². The van der Waals surface area contributed by atoms with Gasteiger partial charge < -0.3 is 14.2 Å². The maximum Gasteiger partial charge on any atom is 0.338 e. The molecule has 2 aromatic carbocycles. The number of Topliss-reactive ketones (excluding diaryl/α,β-unsaturated/α-hetero) is 1. The number of benzene rings is 2. The molecule has 0 unspecified atom stereocenters. The maximum atomic E-state index is 12.2. The second-order valence-corrected chi connectivity index (χ2v) is 4.87. The van der Waals surface area contributed by atoms with E-state index in [-0.39, 0.29) is 22.6 Å². The lowest BCUT2D eigenvalue weighted by Crippen LogP contribution is -2.15. The number of methoxy groups -OCH3 is 2. The zero-order valence-electron chi connectivity index (χ0n) is 13.6. The van der Waals surface area contributed by atoms with E-state index in [1.165, 1.54) is 44.6 Å². The lowest BCUT2D eigenvalue weighted by atomic mass is 10.1. The average Bonchev–Trinajstić information content (AvgIpc) is 2.65. The van der Waals surface area contributed by atoms with E-state index in [4.69, 9.17) is 14.2 Å². The number of nitro groups is 1. The van der Waals surface area contributed by atoms with Crippen molar-refractivity contribution in [2.45, 2.75) is 0 Å². The third-order valence-corrected chi connectivity index (χ3v) is 3.34. The molecule has 0 aliphatic carbocycles. The van der Waals surface area contributed by atoms with Gasteiger partial charge in [-0.05, 0) is 18.2 Å². The highest BCUT2D eigenvalue weighted by molar-refractivity contribution is 6.01. The highest BCUT2D eigenvalue weighted by atomic mass is 16.6. The number of non-ortho nitro benzene ring substituents is 1. The molecule has 0 fully saturated rings. The van der Waals surface area contributed by atoms with Crippen LogP contribution in [0.4, 0.5) is 5.69 Å². The number of nitro benzene ring substituents is 1. The number of ether oxygens (including phenoxy) is 3. The Morgan fingerprint density at radius 2 is 1.84 bits per heavy atom. The van der Waals surface area contributed by atoms with Crippen LogP contribution in [0.15, 0.2) is 42.5 Å². The maximum absolute atomic E-state index is 12.2. The minimum absolute atomic E-state index is 0.0105. The third kappa shape index (κ3) is 4.31. The summed E-state index contributed by atoms with van der Waals surface area (Å²) >= 11 is 0. The second-order valence-electron chi connectivity index (χ2n) is 4.87.